The van der Waals surface area contributed by atoms with Crippen LogP contribution in [0.2, 0.25) is 0 Å². The van der Waals surface area contributed by atoms with E-state index in [-0.39, 0.29) is 6.10 Å². The Morgan fingerprint density at radius 3 is 2.62 bits per heavy atom. The number of benzene rings is 1. The summed E-state index contributed by atoms with van der Waals surface area (Å²) in [6.45, 7) is 3.79. The third-order valence-corrected chi connectivity index (χ3v) is 6.03. The Balaban J connectivity index is 1.70. The van der Waals surface area contributed by atoms with Crippen LogP contribution in [0.4, 0.5) is 0 Å². The maximum Gasteiger partial charge on any atom is 0.0946 e. The first-order valence-electron chi connectivity index (χ1n) is 9.67. The summed E-state index contributed by atoms with van der Waals surface area (Å²) < 4.78 is 9.43. The molecule has 1 unspecified atom stereocenters. The fraction of sp³-hybridized carbons (Fsp3) is 0.571. The van der Waals surface area contributed by atoms with Crippen LogP contribution in [0.25, 0.3) is 0 Å². The fourth-order valence-corrected chi connectivity index (χ4v) is 4.08. The maximum absolute atomic E-state index is 6.22. The molecule has 0 aliphatic heterocycles. The van der Waals surface area contributed by atoms with E-state index in [1.165, 1.54) is 49.8 Å². The van der Waals surface area contributed by atoms with Crippen molar-refractivity contribution in [3.05, 3.63) is 53.0 Å². The van der Waals surface area contributed by atoms with E-state index >= 15 is 0 Å². The lowest BCUT2D eigenvalue weighted by Gasteiger charge is -2.18. The summed E-state index contributed by atoms with van der Waals surface area (Å²) in [7, 11) is 0. The molecule has 1 atom stereocenters. The predicted octanol–water partition coefficient (Wildman–Crippen LogP) is 6.32. The van der Waals surface area contributed by atoms with Gasteiger partial charge in [-0.05, 0) is 29.9 Å². The lowest BCUT2D eigenvalue weighted by atomic mass is 10.1. The van der Waals surface area contributed by atoms with E-state index in [4.69, 9.17) is 4.74 Å². The predicted molar refractivity (Wildman–Crippen MR) is 116 cm³/mol. The Kier molecular flexibility index (Phi) is 11.1. The first-order valence-corrected chi connectivity index (χ1v) is 11.6. The van der Waals surface area contributed by atoms with Crippen LogP contribution in [0.5, 0.6) is 0 Å². The molecule has 0 aliphatic carbocycles. The highest BCUT2D eigenvalue weighted by atomic mass is 79.9. The Hall–Kier alpha value is -0.780. The molecule has 0 saturated heterocycles. The van der Waals surface area contributed by atoms with Crippen molar-refractivity contribution in [1.82, 2.24) is 9.55 Å². The molecule has 0 aliphatic rings. The lowest BCUT2D eigenvalue weighted by Crippen LogP contribution is -2.22. The minimum atomic E-state index is 0.206. The second-order valence-electron chi connectivity index (χ2n) is 6.66. The second-order valence-corrected chi connectivity index (χ2v) is 8.73. The highest BCUT2D eigenvalue weighted by molar-refractivity contribution is 9.10. The number of imidazole rings is 1. The number of aromatic nitrogens is 2. The van der Waals surface area contributed by atoms with Crippen LogP contribution < -0.4 is 0 Å². The molecule has 144 valence electrons. The summed E-state index contributed by atoms with van der Waals surface area (Å²) in [6.07, 6.45) is 14.1. The van der Waals surface area contributed by atoms with Gasteiger partial charge in [0.25, 0.3) is 0 Å². The number of hydrogen-bond donors (Lipinski definition) is 0. The first kappa shape index (κ1) is 21.5. The van der Waals surface area contributed by atoms with E-state index in [0.717, 1.165) is 16.8 Å². The summed E-state index contributed by atoms with van der Waals surface area (Å²) in [5.74, 6) is 2.26. The van der Waals surface area contributed by atoms with E-state index in [0.29, 0.717) is 6.61 Å². The molecule has 1 aromatic heterocycles. The van der Waals surface area contributed by atoms with Gasteiger partial charge in [0.2, 0.25) is 0 Å². The number of rotatable bonds is 14. The third-order valence-electron chi connectivity index (χ3n) is 4.32. The number of hydrogen-bond acceptors (Lipinski definition) is 3. The van der Waals surface area contributed by atoms with Crippen LogP contribution >= 0.6 is 27.7 Å². The van der Waals surface area contributed by atoms with Gasteiger partial charge >= 0.3 is 0 Å². The number of unbranched alkanes of at least 4 members (excludes halogenated alkanes) is 5. The molecule has 5 heteroatoms. The van der Waals surface area contributed by atoms with Crippen molar-refractivity contribution in [3.8, 4) is 0 Å². The Bertz CT molecular complexity index is 574. The normalized spacial score (nSPS) is 12.4. The SMILES string of the molecule is CCCCCCCCSCC(Cn1ccnc1)OCc1ccc(Br)cc1. The van der Waals surface area contributed by atoms with Crippen molar-refractivity contribution >= 4 is 27.7 Å². The van der Waals surface area contributed by atoms with Gasteiger partial charge in [-0.15, -0.1) is 0 Å². The molecule has 26 heavy (non-hydrogen) atoms. The molecule has 0 bridgehead atoms. The minimum absolute atomic E-state index is 0.206. The molecule has 1 aromatic carbocycles. The Labute approximate surface area is 171 Å². The van der Waals surface area contributed by atoms with Crippen molar-refractivity contribution in [2.75, 3.05) is 11.5 Å². The quantitative estimate of drug-likeness (QED) is 0.322. The molecule has 2 aromatic rings. The van der Waals surface area contributed by atoms with Crippen LogP contribution in [-0.4, -0.2) is 27.2 Å². The molecule has 0 fully saturated rings. The molecule has 0 spiro atoms. The fourth-order valence-electron chi connectivity index (χ4n) is 2.78. The standard InChI is InChI=1S/C21H31BrN2OS/c1-2-3-4-5-6-7-14-26-17-21(15-24-13-12-23-18-24)25-16-19-8-10-20(22)11-9-19/h8-13,18,21H,2-7,14-17H2,1H3. The van der Waals surface area contributed by atoms with Crippen molar-refractivity contribution in [3.63, 3.8) is 0 Å². The van der Waals surface area contributed by atoms with Gasteiger partial charge in [-0.2, -0.15) is 11.8 Å². The first-order chi connectivity index (χ1) is 12.8. The number of nitrogens with zero attached hydrogens (tertiary/aromatic N) is 2. The van der Waals surface area contributed by atoms with Crippen LogP contribution in [0, 0.1) is 0 Å². The van der Waals surface area contributed by atoms with Crippen molar-refractivity contribution in [1.29, 1.82) is 0 Å². The highest BCUT2D eigenvalue weighted by Gasteiger charge is 2.11. The van der Waals surface area contributed by atoms with Gasteiger partial charge < -0.3 is 9.30 Å². The molecule has 2 rings (SSSR count). The van der Waals surface area contributed by atoms with Gasteiger partial charge in [-0.3, -0.25) is 0 Å². The van der Waals surface area contributed by atoms with E-state index in [1.807, 2.05) is 30.5 Å². The molecule has 3 nitrogen and oxygen atoms in total. The average molecular weight is 439 g/mol. The lowest BCUT2D eigenvalue weighted by molar-refractivity contribution is 0.0450. The molecule has 1 heterocycles. The number of thioether (sulfide) groups is 1. The Morgan fingerprint density at radius 2 is 1.88 bits per heavy atom. The molecule has 0 saturated carbocycles. The topological polar surface area (TPSA) is 27.1 Å². The molecular weight excluding hydrogens is 408 g/mol. The van der Waals surface area contributed by atoms with Crippen LogP contribution in [-0.2, 0) is 17.9 Å². The van der Waals surface area contributed by atoms with Crippen molar-refractivity contribution in [2.45, 2.75) is 64.7 Å². The second kappa shape index (κ2) is 13.4. The Morgan fingerprint density at radius 1 is 1.12 bits per heavy atom. The van der Waals surface area contributed by atoms with Gasteiger partial charge in [0.15, 0.2) is 0 Å². The average Bonchev–Trinajstić information content (AvgIpc) is 3.16. The summed E-state index contributed by atoms with van der Waals surface area (Å²) in [6, 6.07) is 8.36. The van der Waals surface area contributed by atoms with E-state index < -0.39 is 0 Å². The molecular formula is C21H31BrN2OS. The summed E-state index contributed by atoms with van der Waals surface area (Å²) in [5.41, 5.74) is 1.21. The molecule has 0 N–H and O–H groups in total. The van der Waals surface area contributed by atoms with Crippen molar-refractivity contribution in [2.24, 2.45) is 0 Å². The largest absolute Gasteiger partial charge is 0.371 e. The minimum Gasteiger partial charge on any atom is -0.371 e. The van der Waals surface area contributed by atoms with Gasteiger partial charge in [0.1, 0.15) is 0 Å². The van der Waals surface area contributed by atoms with Crippen molar-refractivity contribution < 1.29 is 4.74 Å². The zero-order valence-electron chi connectivity index (χ0n) is 15.8. The van der Waals surface area contributed by atoms with Gasteiger partial charge in [0.05, 0.1) is 25.6 Å². The van der Waals surface area contributed by atoms with Gasteiger partial charge in [0, 0.05) is 22.6 Å². The zero-order valence-corrected chi connectivity index (χ0v) is 18.2. The van der Waals surface area contributed by atoms with Crippen LogP contribution in [0.1, 0.15) is 51.0 Å². The van der Waals surface area contributed by atoms with Crippen LogP contribution in [0.15, 0.2) is 47.5 Å². The van der Waals surface area contributed by atoms with E-state index in [1.54, 1.807) is 0 Å². The summed E-state index contributed by atoms with van der Waals surface area (Å²) in [4.78, 5) is 4.14. The smallest absolute Gasteiger partial charge is 0.0946 e. The highest BCUT2D eigenvalue weighted by Crippen LogP contribution is 2.16. The molecule has 0 amide bonds. The maximum atomic E-state index is 6.22. The van der Waals surface area contributed by atoms with Crippen LogP contribution in [0.3, 0.4) is 0 Å². The summed E-state index contributed by atoms with van der Waals surface area (Å²) >= 11 is 5.50. The zero-order chi connectivity index (χ0) is 18.5. The van der Waals surface area contributed by atoms with Gasteiger partial charge in [-0.1, -0.05) is 67.1 Å². The van der Waals surface area contributed by atoms with E-state index in [2.05, 4.69) is 56.7 Å². The third kappa shape index (κ3) is 9.24. The van der Waals surface area contributed by atoms with E-state index in [9.17, 15) is 0 Å². The summed E-state index contributed by atoms with van der Waals surface area (Å²) in [5, 5.41) is 0. The molecule has 0 radical (unpaired) electrons. The van der Waals surface area contributed by atoms with Gasteiger partial charge in [-0.25, -0.2) is 4.98 Å². The number of halogens is 1. The monoisotopic (exact) mass is 438 g/mol. The number of ether oxygens (including phenoxy) is 1.